The maximum atomic E-state index is 13.8. The highest BCUT2D eigenvalue weighted by molar-refractivity contribution is 5.87. The van der Waals surface area contributed by atoms with E-state index in [2.05, 4.69) is 21.5 Å². The highest BCUT2D eigenvalue weighted by Gasteiger charge is 2.38. The van der Waals surface area contributed by atoms with E-state index in [1.54, 1.807) is 52.5 Å². The standard InChI is InChI=1S/C19H22F3N5O3.C4H10O.C3H6.H2O/c1-18(2,3)30-17(29)26(4)15-13(19(20,21)22)7-11(8-23-15)27-6-5-14-12(9-27)16(28)25-10-24-14;1-4(2,3)5;1-3-2;/h7-8,10H,5-6,9H2,1-4H3,(H,24,25,28);5H,1-3H3;3H,1H2,2H3;1H2. The van der Waals surface area contributed by atoms with Crippen molar-refractivity contribution in [3.63, 3.8) is 0 Å². The van der Waals surface area contributed by atoms with Crippen LogP contribution >= 0.6 is 0 Å². The first kappa shape index (κ1) is 35.5. The van der Waals surface area contributed by atoms with Gasteiger partial charge in [-0.05, 0) is 54.5 Å². The predicted molar refractivity (Wildman–Crippen MR) is 145 cm³/mol. The van der Waals surface area contributed by atoms with Crippen molar-refractivity contribution in [3.8, 4) is 0 Å². The predicted octanol–water partition coefficient (Wildman–Crippen LogP) is 4.26. The Bertz CT molecular complexity index is 1150. The number of nitrogens with one attached hydrogen (secondary N) is 1. The molecule has 2 aromatic rings. The molecule has 0 radical (unpaired) electrons. The fraction of sp³-hybridized carbons (Fsp3) is 0.538. The molecule has 220 valence electrons. The molecule has 4 N–H and O–H groups in total. The number of anilines is 2. The first-order chi connectivity index (χ1) is 17.3. The van der Waals surface area contributed by atoms with Gasteiger partial charge < -0.3 is 25.2 Å². The number of halogens is 3. The summed E-state index contributed by atoms with van der Waals surface area (Å²) in [7, 11) is 1.17. The molecule has 0 bridgehead atoms. The number of aliphatic hydroxyl groups is 1. The number of fused-ring (bicyclic) bond motifs is 1. The van der Waals surface area contributed by atoms with Crippen LogP contribution in [0.15, 0.2) is 36.0 Å². The van der Waals surface area contributed by atoms with Gasteiger partial charge in [-0.1, -0.05) is 6.08 Å². The SMILES string of the molecule is C=CC.CC(C)(C)O.CN(C(=O)OC(C)(C)C)c1ncc(N2CCc3nc[nH]c(=O)c3C2)cc1C(F)(F)F.O. The van der Waals surface area contributed by atoms with Gasteiger partial charge in [-0.15, -0.1) is 6.58 Å². The number of nitrogens with zero attached hydrogens (tertiary/aromatic N) is 4. The number of rotatable bonds is 2. The minimum atomic E-state index is -4.75. The van der Waals surface area contributed by atoms with Gasteiger partial charge in [-0.3, -0.25) is 9.69 Å². The molecule has 1 aliphatic heterocycles. The Kier molecular flexibility index (Phi) is 12.8. The zero-order valence-corrected chi connectivity index (χ0v) is 23.7. The fourth-order valence-corrected chi connectivity index (χ4v) is 3.09. The van der Waals surface area contributed by atoms with E-state index in [1.165, 1.54) is 19.6 Å². The largest absolute Gasteiger partial charge is 0.443 e. The topological polar surface area (TPSA) is 143 Å². The third-order valence-corrected chi connectivity index (χ3v) is 4.51. The molecule has 3 heterocycles. The minimum Gasteiger partial charge on any atom is -0.443 e. The average Bonchev–Trinajstić information content (AvgIpc) is 2.76. The highest BCUT2D eigenvalue weighted by atomic mass is 19.4. The summed E-state index contributed by atoms with van der Waals surface area (Å²) < 4.78 is 46.4. The van der Waals surface area contributed by atoms with Gasteiger partial charge in [0.25, 0.3) is 5.56 Å². The lowest BCUT2D eigenvalue weighted by atomic mass is 10.1. The molecular weight excluding hydrogens is 519 g/mol. The van der Waals surface area contributed by atoms with Gasteiger partial charge in [-0.2, -0.15) is 13.2 Å². The Labute approximate surface area is 226 Å². The molecule has 0 unspecified atom stereocenters. The number of hydrogen-bond acceptors (Lipinski definition) is 7. The molecule has 1 amide bonds. The van der Waals surface area contributed by atoms with Crippen molar-refractivity contribution in [2.24, 2.45) is 0 Å². The third kappa shape index (κ3) is 11.9. The smallest absolute Gasteiger partial charge is 0.420 e. The van der Waals surface area contributed by atoms with Gasteiger partial charge in [-0.25, -0.2) is 14.8 Å². The van der Waals surface area contributed by atoms with E-state index in [-0.39, 0.29) is 23.3 Å². The number of aromatic amines is 1. The van der Waals surface area contributed by atoms with Crippen LogP contribution in [0.5, 0.6) is 0 Å². The van der Waals surface area contributed by atoms with Crippen molar-refractivity contribution >= 4 is 17.6 Å². The van der Waals surface area contributed by atoms with Gasteiger partial charge in [0.2, 0.25) is 0 Å². The van der Waals surface area contributed by atoms with Crippen LogP contribution in [-0.2, 0) is 23.9 Å². The van der Waals surface area contributed by atoms with Crippen LogP contribution in [0, 0.1) is 0 Å². The second-order valence-electron chi connectivity index (χ2n) is 10.5. The second kappa shape index (κ2) is 14.1. The van der Waals surface area contributed by atoms with Gasteiger partial charge >= 0.3 is 12.3 Å². The highest BCUT2D eigenvalue weighted by Crippen LogP contribution is 2.38. The summed E-state index contributed by atoms with van der Waals surface area (Å²) in [4.78, 5) is 37.1. The van der Waals surface area contributed by atoms with Crippen molar-refractivity contribution in [1.82, 2.24) is 15.0 Å². The molecule has 13 heteroatoms. The summed E-state index contributed by atoms with van der Waals surface area (Å²) in [5.41, 5.74) is -1.54. The lowest BCUT2D eigenvalue weighted by Gasteiger charge is -2.30. The maximum absolute atomic E-state index is 13.8. The van der Waals surface area contributed by atoms with Crippen molar-refractivity contribution in [3.05, 3.63) is 58.4 Å². The van der Waals surface area contributed by atoms with Crippen molar-refractivity contribution < 1.29 is 33.3 Å². The van der Waals surface area contributed by atoms with E-state index in [9.17, 15) is 22.8 Å². The van der Waals surface area contributed by atoms with Crippen LogP contribution in [0.2, 0.25) is 0 Å². The summed E-state index contributed by atoms with van der Waals surface area (Å²) in [6, 6.07) is 0.929. The maximum Gasteiger partial charge on any atom is 0.420 e. The van der Waals surface area contributed by atoms with E-state index >= 15 is 0 Å². The molecule has 3 rings (SSSR count). The minimum absolute atomic E-state index is 0. The van der Waals surface area contributed by atoms with Crippen LogP contribution < -0.4 is 15.4 Å². The van der Waals surface area contributed by atoms with Crippen LogP contribution in [0.4, 0.5) is 29.5 Å². The molecule has 10 nitrogen and oxygen atoms in total. The van der Waals surface area contributed by atoms with Gasteiger partial charge in [0.1, 0.15) is 17.0 Å². The van der Waals surface area contributed by atoms with Crippen LogP contribution in [-0.4, -0.2) is 56.4 Å². The third-order valence-electron chi connectivity index (χ3n) is 4.51. The van der Waals surface area contributed by atoms with Crippen molar-refractivity contribution in [2.75, 3.05) is 23.4 Å². The van der Waals surface area contributed by atoms with Gasteiger partial charge in [0.05, 0.1) is 41.6 Å². The van der Waals surface area contributed by atoms with Crippen LogP contribution in [0.25, 0.3) is 0 Å². The number of H-pyrrole nitrogens is 1. The first-order valence-electron chi connectivity index (χ1n) is 11.9. The summed E-state index contributed by atoms with van der Waals surface area (Å²) in [5, 5.41) is 8.52. The molecule has 0 aromatic carbocycles. The normalized spacial score (nSPS) is 12.9. The number of alkyl halides is 3. The van der Waals surface area contributed by atoms with E-state index in [0.29, 0.717) is 24.2 Å². The molecule has 0 spiro atoms. The number of carbonyl (C=O) groups is 1. The molecule has 0 saturated heterocycles. The Morgan fingerprint density at radius 1 is 1.21 bits per heavy atom. The monoisotopic (exact) mass is 559 g/mol. The lowest BCUT2D eigenvalue weighted by molar-refractivity contribution is -0.137. The molecule has 0 atom stereocenters. The number of pyridine rings is 1. The van der Waals surface area contributed by atoms with E-state index < -0.39 is 34.9 Å². The van der Waals surface area contributed by atoms with E-state index in [1.807, 2.05) is 6.92 Å². The Morgan fingerprint density at radius 3 is 2.23 bits per heavy atom. The molecular formula is C26H40F3N5O5. The summed E-state index contributed by atoms with van der Waals surface area (Å²) >= 11 is 0. The number of amides is 1. The van der Waals surface area contributed by atoms with Crippen molar-refractivity contribution in [1.29, 1.82) is 0 Å². The summed E-state index contributed by atoms with van der Waals surface area (Å²) in [5.74, 6) is -0.558. The molecule has 1 aliphatic rings. The number of allylic oxidation sites excluding steroid dienone is 1. The Hall–Kier alpha value is -3.45. The quantitative estimate of drug-likeness (QED) is 0.523. The van der Waals surface area contributed by atoms with Gasteiger partial charge in [0.15, 0.2) is 0 Å². The Balaban J connectivity index is 0.00000142. The number of aromatic nitrogens is 3. The van der Waals surface area contributed by atoms with Crippen LogP contribution in [0.3, 0.4) is 0 Å². The fourth-order valence-electron chi connectivity index (χ4n) is 3.09. The second-order valence-corrected chi connectivity index (χ2v) is 10.5. The average molecular weight is 560 g/mol. The van der Waals surface area contributed by atoms with E-state index in [0.717, 1.165) is 11.0 Å². The lowest BCUT2D eigenvalue weighted by Crippen LogP contribution is -2.37. The number of hydrogen-bond donors (Lipinski definition) is 2. The zero-order chi connectivity index (χ0) is 29.5. The molecule has 0 fully saturated rings. The van der Waals surface area contributed by atoms with Crippen molar-refractivity contribution in [2.45, 2.75) is 78.8 Å². The molecule has 0 aliphatic carbocycles. The number of carbonyl (C=O) groups excluding carboxylic acids is 1. The van der Waals surface area contributed by atoms with E-state index in [4.69, 9.17) is 9.84 Å². The van der Waals surface area contributed by atoms with Crippen LogP contribution in [0.1, 0.15) is 65.3 Å². The molecule has 2 aromatic heterocycles. The zero-order valence-electron chi connectivity index (χ0n) is 23.7. The molecule has 39 heavy (non-hydrogen) atoms. The molecule has 0 saturated carbocycles. The van der Waals surface area contributed by atoms with Gasteiger partial charge in [0, 0.05) is 20.0 Å². The Morgan fingerprint density at radius 2 is 1.74 bits per heavy atom. The number of ether oxygens (including phenoxy) is 1. The summed E-state index contributed by atoms with van der Waals surface area (Å²) in [6.07, 6.45) is -0.970. The first-order valence-corrected chi connectivity index (χ1v) is 11.9. The summed E-state index contributed by atoms with van der Waals surface area (Å²) in [6.45, 7) is 15.8.